The van der Waals surface area contributed by atoms with Crippen LogP contribution in [0.25, 0.3) is 10.8 Å². The number of nitrogens with zero attached hydrogens (tertiary/aromatic N) is 7. The maximum absolute atomic E-state index is 6.96. The van der Waals surface area contributed by atoms with Crippen LogP contribution in [0.5, 0.6) is 0 Å². The number of aromatic nitrogens is 1. The molecule has 0 fully saturated rings. The first kappa shape index (κ1) is 28.6. The number of ether oxygens (including phenoxy) is 2. The van der Waals surface area contributed by atoms with Crippen molar-refractivity contribution >= 4 is 58.1 Å². The summed E-state index contributed by atoms with van der Waals surface area (Å²) in [5.74, 6) is 0.765. The molecule has 0 saturated heterocycles. The third-order valence-corrected chi connectivity index (χ3v) is 9.33. The van der Waals surface area contributed by atoms with Gasteiger partial charge in [-0.25, -0.2) is 25.0 Å². The highest BCUT2D eigenvalue weighted by molar-refractivity contribution is 6.36. The van der Waals surface area contributed by atoms with E-state index in [1.807, 2.05) is 91.2 Å². The number of amidine groups is 3. The standard InChI is InChI=1S/C39H31N7O2/c1-4-47-39(48-5-2)31-32(42-34-24-15-7-6-14-23(24)22-41-34)25-16-8-9-17-26(25)33(31)43-35-27-18-10-11-19-28(27)36(44-35)45-38-30-21-13-12-20-29(30)37(40-3)46(38)39/h6-21,31H,3-5,22H2,1-2H3/b42-32-,43-33-,45-36-. The lowest BCUT2D eigenvalue weighted by atomic mass is 9.95. The van der Waals surface area contributed by atoms with E-state index in [4.69, 9.17) is 34.4 Å². The van der Waals surface area contributed by atoms with Crippen molar-refractivity contribution in [1.29, 1.82) is 0 Å². The molecule has 0 saturated carbocycles. The molecule has 48 heavy (non-hydrogen) atoms. The van der Waals surface area contributed by atoms with Gasteiger partial charge in [-0.1, -0.05) is 97.1 Å². The Labute approximate surface area is 277 Å². The number of hydrogen-bond donors (Lipinski definition) is 0. The predicted molar refractivity (Wildman–Crippen MR) is 191 cm³/mol. The Morgan fingerprint density at radius 3 is 2.04 bits per heavy atom. The Morgan fingerprint density at radius 2 is 1.33 bits per heavy atom. The van der Waals surface area contributed by atoms with Gasteiger partial charge in [-0.05, 0) is 26.1 Å². The van der Waals surface area contributed by atoms with Gasteiger partial charge in [-0.2, -0.15) is 0 Å². The van der Waals surface area contributed by atoms with Crippen LogP contribution in [0.4, 0.5) is 11.6 Å². The Hall–Kier alpha value is -5.64. The zero-order valence-electron chi connectivity index (χ0n) is 26.6. The smallest absolute Gasteiger partial charge is 0.273 e. The first-order chi connectivity index (χ1) is 23.7. The third-order valence-electron chi connectivity index (χ3n) is 9.33. The largest absolute Gasteiger partial charge is 0.332 e. The number of aliphatic imine (C=N–C) groups is 6. The van der Waals surface area contributed by atoms with E-state index in [0.717, 1.165) is 55.6 Å². The summed E-state index contributed by atoms with van der Waals surface area (Å²) in [6.45, 7) is 9.18. The molecular weight excluding hydrogens is 598 g/mol. The zero-order chi connectivity index (χ0) is 32.4. The molecule has 9 rings (SSSR count). The summed E-state index contributed by atoms with van der Waals surface area (Å²) < 4.78 is 15.9. The van der Waals surface area contributed by atoms with Crippen LogP contribution in [0.3, 0.4) is 0 Å². The molecule has 1 unspecified atom stereocenters. The molecule has 5 aromatic rings. The average molecular weight is 630 g/mol. The van der Waals surface area contributed by atoms with Crippen LogP contribution in [0.2, 0.25) is 0 Å². The van der Waals surface area contributed by atoms with Crippen LogP contribution in [0, 0.1) is 5.92 Å². The van der Waals surface area contributed by atoms with Gasteiger partial charge in [0.2, 0.25) is 0 Å². The van der Waals surface area contributed by atoms with Crippen molar-refractivity contribution in [3.8, 4) is 0 Å². The number of benzene rings is 4. The average Bonchev–Trinajstić information content (AvgIpc) is 3.86. The minimum atomic E-state index is -1.53. The van der Waals surface area contributed by atoms with Crippen LogP contribution in [0.1, 0.15) is 47.2 Å². The fourth-order valence-corrected chi connectivity index (χ4v) is 7.43. The molecular formula is C39H31N7O2. The molecule has 0 spiro atoms. The lowest BCUT2D eigenvalue weighted by molar-refractivity contribution is -0.296. The third kappa shape index (κ3) is 3.98. The van der Waals surface area contributed by atoms with E-state index < -0.39 is 11.8 Å². The van der Waals surface area contributed by atoms with E-state index in [9.17, 15) is 0 Å². The number of fused-ring (bicyclic) bond motifs is 11. The molecule has 0 N–H and O–H groups in total. The molecule has 2 bridgehead atoms. The first-order valence-electron chi connectivity index (χ1n) is 16.2. The molecule has 0 amide bonds. The van der Waals surface area contributed by atoms with Gasteiger partial charge in [0, 0.05) is 51.8 Å². The van der Waals surface area contributed by atoms with Crippen LogP contribution < -0.4 is 0 Å². The maximum Gasteiger partial charge on any atom is 0.273 e. The Bertz CT molecular complexity index is 2340. The molecule has 9 nitrogen and oxygen atoms in total. The monoisotopic (exact) mass is 629 g/mol. The van der Waals surface area contributed by atoms with E-state index in [-0.39, 0.29) is 0 Å². The second kappa shape index (κ2) is 11.0. The second-order valence-corrected chi connectivity index (χ2v) is 11.9. The topological polar surface area (TPSA) is 97.5 Å². The van der Waals surface area contributed by atoms with Gasteiger partial charge in [0.05, 0.1) is 18.0 Å². The fourth-order valence-electron chi connectivity index (χ4n) is 7.43. The highest BCUT2D eigenvalue weighted by Gasteiger charge is 2.56. The molecule has 4 aromatic carbocycles. The van der Waals surface area contributed by atoms with E-state index >= 15 is 0 Å². The van der Waals surface area contributed by atoms with Crippen molar-refractivity contribution in [3.05, 3.63) is 130 Å². The minimum absolute atomic E-state index is 0.319. The van der Waals surface area contributed by atoms with Crippen LogP contribution in [-0.4, -0.2) is 53.4 Å². The normalized spacial score (nSPS) is 21.2. The van der Waals surface area contributed by atoms with Gasteiger partial charge in [-0.15, -0.1) is 0 Å². The quantitative estimate of drug-likeness (QED) is 0.150. The van der Waals surface area contributed by atoms with E-state index in [1.165, 1.54) is 0 Å². The van der Waals surface area contributed by atoms with Crippen molar-refractivity contribution in [2.75, 3.05) is 13.2 Å². The summed E-state index contributed by atoms with van der Waals surface area (Å²) in [7, 11) is 0. The van der Waals surface area contributed by atoms with E-state index in [1.54, 1.807) is 0 Å². The van der Waals surface area contributed by atoms with Gasteiger partial charge in [0.25, 0.3) is 5.91 Å². The predicted octanol–water partition coefficient (Wildman–Crippen LogP) is 7.38. The Balaban J connectivity index is 1.45. The van der Waals surface area contributed by atoms with Crippen molar-refractivity contribution in [1.82, 2.24) is 4.57 Å². The molecule has 1 atom stereocenters. The van der Waals surface area contributed by atoms with Crippen molar-refractivity contribution in [3.63, 3.8) is 0 Å². The summed E-state index contributed by atoms with van der Waals surface area (Å²) in [4.78, 5) is 30.7. The SMILES string of the molecule is C=Nc1c2ccccc2c2n1C(OCC)(OCC)C1/C(=N\C3=NCc4ccccc43)c3ccccc3/C1=N/C1=NC(=N\2)/c2ccccc21. The Kier molecular flexibility index (Phi) is 6.53. The van der Waals surface area contributed by atoms with Gasteiger partial charge in [0.1, 0.15) is 17.6 Å². The molecule has 9 heteroatoms. The van der Waals surface area contributed by atoms with Crippen molar-refractivity contribution in [2.45, 2.75) is 26.3 Å². The Morgan fingerprint density at radius 1 is 0.729 bits per heavy atom. The summed E-state index contributed by atoms with van der Waals surface area (Å²) in [5, 5.41) is 1.74. The van der Waals surface area contributed by atoms with Gasteiger partial charge >= 0.3 is 0 Å². The van der Waals surface area contributed by atoms with Gasteiger partial charge in [-0.3, -0.25) is 9.56 Å². The number of rotatable bonds is 5. The summed E-state index contributed by atoms with van der Waals surface area (Å²) in [6.07, 6.45) is 0. The summed E-state index contributed by atoms with van der Waals surface area (Å²) in [5.41, 5.74) is 7.27. The van der Waals surface area contributed by atoms with E-state index in [2.05, 4.69) is 36.0 Å². The lowest BCUT2D eigenvalue weighted by Gasteiger charge is -2.40. The van der Waals surface area contributed by atoms with Crippen LogP contribution in [-0.2, 0) is 21.9 Å². The minimum Gasteiger partial charge on any atom is -0.332 e. The molecule has 234 valence electrons. The molecule has 1 aromatic heterocycles. The van der Waals surface area contributed by atoms with Crippen molar-refractivity contribution < 1.29 is 9.47 Å². The zero-order valence-corrected chi connectivity index (χ0v) is 26.6. The first-order valence-corrected chi connectivity index (χ1v) is 16.2. The lowest BCUT2D eigenvalue weighted by Crippen LogP contribution is -2.51. The second-order valence-electron chi connectivity index (χ2n) is 11.9. The highest BCUT2D eigenvalue weighted by Crippen LogP contribution is 2.50. The summed E-state index contributed by atoms with van der Waals surface area (Å²) >= 11 is 0. The van der Waals surface area contributed by atoms with Gasteiger partial charge < -0.3 is 9.47 Å². The van der Waals surface area contributed by atoms with E-state index in [0.29, 0.717) is 48.9 Å². The number of hydrogen-bond acceptors (Lipinski definition) is 8. The van der Waals surface area contributed by atoms with Crippen molar-refractivity contribution in [2.24, 2.45) is 35.9 Å². The highest BCUT2D eigenvalue weighted by atomic mass is 16.7. The molecule has 4 aliphatic rings. The van der Waals surface area contributed by atoms with Crippen LogP contribution >= 0.6 is 0 Å². The fraction of sp³-hybridized carbons (Fsp3) is 0.179. The van der Waals surface area contributed by atoms with Gasteiger partial charge in [0.15, 0.2) is 17.5 Å². The summed E-state index contributed by atoms with van der Waals surface area (Å²) in [6, 6.07) is 32.6. The molecule has 0 radical (unpaired) electrons. The molecule has 3 aliphatic heterocycles. The molecule has 4 heterocycles. The molecule has 1 aliphatic carbocycles. The van der Waals surface area contributed by atoms with Crippen LogP contribution in [0.15, 0.2) is 127 Å². The maximum atomic E-state index is 6.96.